The van der Waals surface area contributed by atoms with Gasteiger partial charge in [0, 0.05) is 22.8 Å². The third-order valence-electron chi connectivity index (χ3n) is 4.22. The van der Waals surface area contributed by atoms with Crippen LogP contribution in [0.25, 0.3) is 11.3 Å². The van der Waals surface area contributed by atoms with Crippen molar-refractivity contribution in [3.8, 4) is 11.3 Å². The molecule has 1 aromatic heterocycles. The molecule has 2 aliphatic carbocycles. The van der Waals surface area contributed by atoms with Gasteiger partial charge in [-0.1, -0.05) is 40.8 Å². The summed E-state index contributed by atoms with van der Waals surface area (Å²) in [6, 6.07) is 6.16. The lowest BCUT2D eigenvalue weighted by Gasteiger charge is -2.24. The Kier molecular flexibility index (Phi) is 2.31. The highest BCUT2D eigenvalue weighted by Crippen LogP contribution is 2.58. The van der Waals surface area contributed by atoms with Crippen LogP contribution in [0.4, 0.5) is 5.82 Å². The zero-order chi connectivity index (χ0) is 13.0. The first-order chi connectivity index (χ1) is 9.23. The first-order valence-electron chi connectivity index (χ1n) is 6.41. The van der Waals surface area contributed by atoms with Crippen molar-refractivity contribution in [1.29, 1.82) is 0 Å². The van der Waals surface area contributed by atoms with Crippen molar-refractivity contribution in [2.24, 2.45) is 0 Å². The molecule has 2 aliphatic rings. The summed E-state index contributed by atoms with van der Waals surface area (Å²) in [6.45, 7) is 0. The highest BCUT2D eigenvalue weighted by atomic mass is 32.2. The van der Waals surface area contributed by atoms with Gasteiger partial charge >= 0.3 is 0 Å². The van der Waals surface area contributed by atoms with Gasteiger partial charge in [0.2, 0.25) is 0 Å². The normalized spacial score (nSPS) is 17.9. The monoisotopic (exact) mass is 268 g/mol. The molecule has 2 aromatic rings. The molecule has 4 rings (SSSR count). The van der Waals surface area contributed by atoms with Crippen LogP contribution in [0.1, 0.15) is 24.0 Å². The summed E-state index contributed by atoms with van der Waals surface area (Å²) < 4.78 is 8.77. The van der Waals surface area contributed by atoms with Crippen molar-refractivity contribution >= 4 is 31.1 Å². The first-order valence-corrected chi connectivity index (χ1v) is 7.64. The van der Waals surface area contributed by atoms with E-state index in [1.165, 1.54) is 35.9 Å². The number of nitrogens with one attached hydrogen (secondary N) is 1. The maximum absolute atomic E-state index is 5.93. The SMILES string of the molecule is [B]c1ccc2c(c1)-c1onc(NSC)c1CC21CC1. The maximum atomic E-state index is 5.93. The lowest BCUT2D eigenvalue weighted by molar-refractivity contribution is 0.432. The molecule has 0 amide bonds. The average molecular weight is 268 g/mol. The van der Waals surface area contributed by atoms with Gasteiger partial charge in [-0.15, -0.1) is 0 Å². The molecule has 1 aromatic carbocycles. The van der Waals surface area contributed by atoms with Crippen LogP contribution < -0.4 is 10.2 Å². The molecule has 1 fully saturated rings. The number of fused-ring (bicyclic) bond motifs is 4. The van der Waals surface area contributed by atoms with Crippen molar-refractivity contribution in [3.63, 3.8) is 0 Å². The quantitative estimate of drug-likeness (QED) is 0.670. The summed E-state index contributed by atoms with van der Waals surface area (Å²) in [5.41, 5.74) is 4.78. The van der Waals surface area contributed by atoms with Crippen molar-refractivity contribution in [2.75, 3.05) is 11.0 Å². The van der Waals surface area contributed by atoms with Gasteiger partial charge in [0.05, 0.1) is 0 Å². The Morgan fingerprint density at radius 1 is 1.42 bits per heavy atom. The molecule has 1 saturated carbocycles. The minimum Gasteiger partial charge on any atom is -0.354 e. The molecule has 94 valence electrons. The fourth-order valence-corrected chi connectivity index (χ4v) is 3.46. The highest BCUT2D eigenvalue weighted by molar-refractivity contribution is 7.99. The highest BCUT2D eigenvalue weighted by Gasteiger charge is 2.50. The molecule has 1 spiro atoms. The standard InChI is InChI=1S/C14H13BN2OS/c1-19-17-13-10-7-14(4-5-14)11-3-2-8(15)6-9(11)12(10)18-16-13/h2-3,6H,4-5,7H2,1H3,(H,16,17). The Morgan fingerprint density at radius 2 is 2.26 bits per heavy atom. The number of nitrogens with zero attached hydrogens (tertiary/aromatic N) is 1. The van der Waals surface area contributed by atoms with Crippen molar-refractivity contribution < 1.29 is 4.52 Å². The van der Waals surface area contributed by atoms with Gasteiger partial charge in [-0.25, -0.2) is 0 Å². The van der Waals surface area contributed by atoms with Gasteiger partial charge in [0.1, 0.15) is 7.85 Å². The van der Waals surface area contributed by atoms with Crippen LogP contribution in [0.5, 0.6) is 0 Å². The van der Waals surface area contributed by atoms with E-state index in [9.17, 15) is 0 Å². The average Bonchev–Trinajstić information content (AvgIpc) is 3.05. The van der Waals surface area contributed by atoms with Crippen LogP contribution in [-0.4, -0.2) is 19.3 Å². The fraction of sp³-hybridized carbons (Fsp3) is 0.357. The third-order valence-corrected chi connectivity index (χ3v) is 4.61. The second kappa shape index (κ2) is 3.82. The minimum atomic E-state index is 0.302. The Labute approximate surface area is 117 Å². The Balaban J connectivity index is 1.94. The van der Waals surface area contributed by atoms with Crippen LogP contribution in [0.15, 0.2) is 22.7 Å². The maximum Gasteiger partial charge on any atom is 0.183 e. The molecule has 1 heterocycles. The molecular formula is C14H13BN2OS. The predicted octanol–water partition coefficient (Wildman–Crippen LogP) is 2.41. The zero-order valence-corrected chi connectivity index (χ0v) is 11.5. The number of benzene rings is 1. The number of hydrogen-bond acceptors (Lipinski definition) is 4. The Morgan fingerprint density at radius 3 is 3.00 bits per heavy atom. The van der Waals surface area contributed by atoms with Crippen molar-refractivity contribution in [3.05, 3.63) is 29.3 Å². The van der Waals surface area contributed by atoms with Gasteiger partial charge < -0.3 is 9.25 Å². The van der Waals surface area contributed by atoms with Crippen LogP contribution in [-0.2, 0) is 11.8 Å². The van der Waals surface area contributed by atoms with E-state index in [2.05, 4.69) is 15.9 Å². The molecule has 19 heavy (non-hydrogen) atoms. The second-order valence-electron chi connectivity index (χ2n) is 5.41. The first kappa shape index (κ1) is 11.5. The van der Waals surface area contributed by atoms with Gasteiger partial charge in [0.25, 0.3) is 0 Å². The van der Waals surface area contributed by atoms with E-state index in [1.807, 2.05) is 18.4 Å². The molecule has 3 nitrogen and oxygen atoms in total. The Hall–Kier alpha value is -1.36. The number of rotatable bonds is 2. The largest absolute Gasteiger partial charge is 0.354 e. The molecule has 0 bridgehead atoms. The van der Waals surface area contributed by atoms with Crippen LogP contribution >= 0.6 is 11.9 Å². The van der Waals surface area contributed by atoms with Crippen LogP contribution in [0, 0.1) is 0 Å². The molecule has 0 unspecified atom stereocenters. The summed E-state index contributed by atoms with van der Waals surface area (Å²) >= 11 is 1.54. The number of aromatic nitrogens is 1. The van der Waals surface area contributed by atoms with Gasteiger partial charge in [-0.3, -0.25) is 0 Å². The lowest BCUT2D eigenvalue weighted by Crippen LogP contribution is -2.19. The molecule has 5 heteroatoms. The smallest absolute Gasteiger partial charge is 0.183 e. The molecule has 2 radical (unpaired) electrons. The summed E-state index contributed by atoms with van der Waals surface area (Å²) in [6.07, 6.45) is 5.49. The summed E-state index contributed by atoms with van der Waals surface area (Å²) in [7, 11) is 5.93. The van der Waals surface area contributed by atoms with E-state index in [0.717, 1.165) is 29.0 Å². The fourth-order valence-electron chi connectivity index (χ4n) is 3.10. The summed E-state index contributed by atoms with van der Waals surface area (Å²) in [5.74, 6) is 1.75. The van der Waals surface area contributed by atoms with E-state index in [1.54, 1.807) is 0 Å². The topological polar surface area (TPSA) is 38.1 Å². The molecular weight excluding hydrogens is 255 g/mol. The zero-order valence-electron chi connectivity index (χ0n) is 10.7. The van der Waals surface area contributed by atoms with E-state index < -0.39 is 0 Å². The van der Waals surface area contributed by atoms with E-state index in [0.29, 0.717) is 5.41 Å². The van der Waals surface area contributed by atoms with Crippen LogP contribution in [0.2, 0.25) is 0 Å². The lowest BCUT2D eigenvalue weighted by atomic mass is 9.77. The van der Waals surface area contributed by atoms with Gasteiger partial charge in [-0.05, 0) is 24.8 Å². The van der Waals surface area contributed by atoms with Gasteiger partial charge in [0.15, 0.2) is 11.6 Å². The van der Waals surface area contributed by atoms with Crippen molar-refractivity contribution in [2.45, 2.75) is 24.7 Å². The van der Waals surface area contributed by atoms with E-state index >= 15 is 0 Å². The molecule has 1 N–H and O–H groups in total. The van der Waals surface area contributed by atoms with Gasteiger partial charge in [-0.2, -0.15) is 0 Å². The minimum absolute atomic E-state index is 0.302. The van der Waals surface area contributed by atoms with E-state index in [-0.39, 0.29) is 0 Å². The number of anilines is 1. The predicted molar refractivity (Wildman–Crippen MR) is 79.1 cm³/mol. The van der Waals surface area contributed by atoms with Crippen molar-refractivity contribution in [1.82, 2.24) is 5.16 Å². The molecule has 0 aliphatic heterocycles. The van der Waals surface area contributed by atoms with Crippen LogP contribution in [0.3, 0.4) is 0 Å². The Bertz CT molecular complexity index is 663. The molecule has 0 atom stereocenters. The number of hydrogen-bond donors (Lipinski definition) is 1. The molecule has 0 saturated heterocycles. The summed E-state index contributed by atoms with van der Waals surface area (Å²) in [5, 5.41) is 4.16. The second-order valence-corrected chi connectivity index (χ2v) is 6.02. The summed E-state index contributed by atoms with van der Waals surface area (Å²) in [4.78, 5) is 0. The third kappa shape index (κ3) is 1.57. The van der Waals surface area contributed by atoms with E-state index in [4.69, 9.17) is 12.4 Å².